The van der Waals surface area contributed by atoms with Gasteiger partial charge in [-0.1, -0.05) is 24.3 Å². The second-order valence-corrected chi connectivity index (χ2v) is 8.35. The van der Waals surface area contributed by atoms with Gasteiger partial charge in [0, 0.05) is 18.8 Å². The highest BCUT2D eigenvalue weighted by molar-refractivity contribution is 7.18. The van der Waals surface area contributed by atoms with Crippen LogP contribution in [0.2, 0.25) is 0 Å². The van der Waals surface area contributed by atoms with Gasteiger partial charge < -0.3 is 4.90 Å². The number of piperidine rings is 1. The number of fused-ring (bicyclic) bond motifs is 2. The lowest BCUT2D eigenvalue weighted by molar-refractivity contribution is -0.912. The van der Waals surface area contributed by atoms with E-state index in [0.717, 1.165) is 31.4 Å². The number of carbonyl (C=O) groups is 2. The van der Waals surface area contributed by atoms with Crippen molar-refractivity contribution in [1.29, 1.82) is 0 Å². The normalized spacial score (nSPS) is 22.4. The summed E-state index contributed by atoms with van der Waals surface area (Å²) in [5.74, 6) is 0.168. The van der Waals surface area contributed by atoms with E-state index in [1.807, 2.05) is 18.2 Å². The Bertz CT molecular complexity index is 969. The summed E-state index contributed by atoms with van der Waals surface area (Å²) in [6, 6.07) is 15.4. The molecule has 2 aromatic carbocycles. The smallest absolute Gasteiger partial charge is 0.265 e. The number of quaternary nitrogens is 1. The van der Waals surface area contributed by atoms with Crippen molar-refractivity contribution in [2.24, 2.45) is 0 Å². The lowest BCUT2D eigenvalue weighted by atomic mass is 9.98. The molecule has 3 heterocycles. The summed E-state index contributed by atoms with van der Waals surface area (Å²) in [4.78, 5) is 32.6. The van der Waals surface area contributed by atoms with Gasteiger partial charge in [-0.05, 0) is 24.3 Å². The third-order valence-corrected chi connectivity index (χ3v) is 6.81. The first kappa shape index (κ1) is 16.6. The van der Waals surface area contributed by atoms with E-state index in [9.17, 15) is 9.59 Å². The molecule has 0 unspecified atom stereocenters. The van der Waals surface area contributed by atoms with Gasteiger partial charge in [-0.15, -0.1) is 11.3 Å². The highest BCUT2D eigenvalue weighted by atomic mass is 32.1. The number of likely N-dealkylation sites (tertiary alicyclic amines) is 1. The molecule has 0 atom stereocenters. The molecule has 5 rings (SSSR count). The maximum Gasteiger partial charge on any atom is 0.265 e. The number of nitrogens with one attached hydrogen (secondary N) is 1. The number of thiazole rings is 1. The van der Waals surface area contributed by atoms with E-state index >= 15 is 0 Å². The van der Waals surface area contributed by atoms with E-state index < -0.39 is 0 Å². The first-order chi connectivity index (χ1) is 13.2. The summed E-state index contributed by atoms with van der Waals surface area (Å²) >= 11 is 1.79. The van der Waals surface area contributed by atoms with Crippen molar-refractivity contribution in [2.45, 2.75) is 18.8 Å². The summed E-state index contributed by atoms with van der Waals surface area (Å²) in [6.45, 7) is 2.36. The van der Waals surface area contributed by atoms with Crippen molar-refractivity contribution in [3.8, 4) is 0 Å². The van der Waals surface area contributed by atoms with E-state index in [-0.39, 0.29) is 11.8 Å². The fraction of sp³-hybridized carbons (Fsp3) is 0.286. The highest BCUT2D eigenvalue weighted by Gasteiger charge is 2.38. The van der Waals surface area contributed by atoms with E-state index in [1.165, 1.54) is 19.5 Å². The number of aromatic nitrogens is 1. The van der Waals surface area contributed by atoms with Crippen LogP contribution >= 0.6 is 11.3 Å². The Hall–Kier alpha value is -2.57. The second-order valence-electron chi connectivity index (χ2n) is 7.29. The van der Waals surface area contributed by atoms with E-state index in [0.29, 0.717) is 23.7 Å². The van der Waals surface area contributed by atoms with Crippen molar-refractivity contribution < 1.29 is 14.5 Å². The van der Waals surface area contributed by atoms with Gasteiger partial charge in [0.05, 0.1) is 39.4 Å². The van der Waals surface area contributed by atoms with Crippen molar-refractivity contribution in [3.63, 3.8) is 0 Å². The Morgan fingerprint density at radius 1 is 0.963 bits per heavy atom. The van der Waals surface area contributed by atoms with Gasteiger partial charge >= 0.3 is 0 Å². The molecule has 0 aliphatic carbocycles. The topological polar surface area (TPSA) is 54.7 Å². The molecule has 2 aliphatic heterocycles. The number of amides is 2. The van der Waals surface area contributed by atoms with Crippen LogP contribution in [0.5, 0.6) is 0 Å². The summed E-state index contributed by atoms with van der Waals surface area (Å²) in [5, 5.41) is 1.22. The monoisotopic (exact) mass is 378 g/mol. The molecule has 6 heteroatoms. The fourth-order valence-corrected chi connectivity index (χ4v) is 5.24. The molecule has 1 fully saturated rings. The third-order valence-electron chi connectivity index (χ3n) is 5.61. The Kier molecular flexibility index (Phi) is 4.02. The van der Waals surface area contributed by atoms with Gasteiger partial charge in [-0.25, -0.2) is 9.88 Å². The maximum absolute atomic E-state index is 12.5. The van der Waals surface area contributed by atoms with E-state index in [2.05, 4.69) is 18.2 Å². The molecule has 1 saturated heterocycles. The fourth-order valence-electron chi connectivity index (χ4n) is 4.10. The van der Waals surface area contributed by atoms with Crippen LogP contribution in [0.4, 0.5) is 0 Å². The van der Waals surface area contributed by atoms with Crippen LogP contribution in [0.3, 0.4) is 0 Å². The molecule has 27 heavy (non-hydrogen) atoms. The lowest BCUT2D eigenvalue weighted by Crippen LogP contribution is -3.14. The summed E-state index contributed by atoms with van der Waals surface area (Å²) in [7, 11) is 0. The van der Waals surface area contributed by atoms with Gasteiger partial charge in [-0.2, -0.15) is 0 Å². The second kappa shape index (κ2) is 6.55. The summed E-state index contributed by atoms with van der Waals surface area (Å²) < 4.78 is 1.24. The van der Waals surface area contributed by atoms with Crippen molar-refractivity contribution >= 4 is 33.4 Å². The maximum atomic E-state index is 12.5. The zero-order valence-corrected chi connectivity index (χ0v) is 15.7. The van der Waals surface area contributed by atoms with E-state index in [4.69, 9.17) is 4.98 Å². The Morgan fingerprint density at radius 2 is 1.59 bits per heavy atom. The number of carbonyl (C=O) groups excluding carboxylic acids is 2. The quantitative estimate of drug-likeness (QED) is 0.712. The van der Waals surface area contributed by atoms with Gasteiger partial charge in [0.2, 0.25) is 0 Å². The lowest BCUT2D eigenvalue weighted by Gasteiger charge is -2.30. The first-order valence-electron chi connectivity index (χ1n) is 9.35. The minimum absolute atomic E-state index is 0.156. The Morgan fingerprint density at radius 3 is 2.26 bits per heavy atom. The molecule has 0 bridgehead atoms. The molecule has 3 aromatic rings. The van der Waals surface area contributed by atoms with Gasteiger partial charge in [0.1, 0.15) is 0 Å². The Balaban J connectivity index is 1.25. The van der Waals surface area contributed by atoms with Gasteiger partial charge in [-0.3, -0.25) is 9.59 Å². The minimum atomic E-state index is -0.156. The zero-order valence-electron chi connectivity index (χ0n) is 14.9. The van der Waals surface area contributed by atoms with Crippen LogP contribution in [0.1, 0.15) is 44.5 Å². The SMILES string of the molecule is O=C1c2ccccc2C(=O)N1C[NH+]1CCC(c2nc3ccccc3s2)CC1. The molecule has 0 spiro atoms. The zero-order chi connectivity index (χ0) is 18.4. The largest absolute Gasteiger partial charge is 0.317 e. The molecular weight excluding hydrogens is 358 g/mol. The average Bonchev–Trinajstić information content (AvgIpc) is 3.24. The van der Waals surface area contributed by atoms with Crippen molar-refractivity contribution in [3.05, 3.63) is 64.7 Å². The van der Waals surface area contributed by atoms with Crippen molar-refractivity contribution in [2.75, 3.05) is 19.8 Å². The van der Waals surface area contributed by atoms with Crippen LogP contribution in [0.15, 0.2) is 48.5 Å². The van der Waals surface area contributed by atoms with Crippen LogP contribution in [0.25, 0.3) is 10.2 Å². The number of para-hydroxylation sites is 1. The molecule has 1 aromatic heterocycles. The molecule has 0 saturated carbocycles. The van der Waals surface area contributed by atoms with Crippen LogP contribution < -0.4 is 4.90 Å². The third kappa shape index (κ3) is 2.85. The molecule has 0 radical (unpaired) electrons. The van der Waals surface area contributed by atoms with Crippen molar-refractivity contribution in [1.82, 2.24) is 9.88 Å². The molecule has 136 valence electrons. The standard InChI is InChI=1S/C21H19N3O2S/c25-20-15-5-1-2-6-16(15)21(26)24(20)13-23-11-9-14(10-12-23)19-22-17-7-3-4-8-18(17)27-19/h1-8,14H,9-13H2/p+1. The number of rotatable bonds is 3. The Labute approximate surface area is 161 Å². The average molecular weight is 378 g/mol. The molecule has 1 N–H and O–H groups in total. The number of benzene rings is 2. The first-order valence-corrected chi connectivity index (χ1v) is 10.2. The van der Waals surface area contributed by atoms with Gasteiger partial charge in [0.15, 0.2) is 6.67 Å². The van der Waals surface area contributed by atoms with Crippen LogP contribution in [-0.2, 0) is 0 Å². The molecular formula is C21H20N3O2S+. The molecule has 5 nitrogen and oxygen atoms in total. The van der Waals surface area contributed by atoms with Gasteiger partial charge in [0.25, 0.3) is 11.8 Å². The molecule has 2 amide bonds. The van der Waals surface area contributed by atoms with E-state index in [1.54, 1.807) is 23.5 Å². The number of imide groups is 1. The predicted octanol–water partition coefficient (Wildman–Crippen LogP) is 2.31. The number of nitrogens with zero attached hydrogens (tertiary/aromatic N) is 2. The summed E-state index contributed by atoms with van der Waals surface area (Å²) in [5.41, 5.74) is 2.15. The number of hydrogen-bond donors (Lipinski definition) is 1. The van der Waals surface area contributed by atoms with Crippen LogP contribution in [0, 0.1) is 0 Å². The minimum Gasteiger partial charge on any atom is -0.317 e. The molecule has 2 aliphatic rings. The summed E-state index contributed by atoms with van der Waals surface area (Å²) in [6.07, 6.45) is 2.08. The number of hydrogen-bond acceptors (Lipinski definition) is 4. The highest BCUT2D eigenvalue weighted by Crippen LogP contribution is 2.31. The predicted molar refractivity (Wildman–Crippen MR) is 104 cm³/mol. The van der Waals surface area contributed by atoms with Crippen LogP contribution in [-0.4, -0.2) is 41.5 Å².